The van der Waals surface area contributed by atoms with Crippen molar-refractivity contribution in [3.05, 3.63) is 27.3 Å². The Morgan fingerprint density at radius 1 is 1.42 bits per heavy atom. The Labute approximate surface area is 120 Å². The van der Waals surface area contributed by atoms with Gasteiger partial charge in [-0.3, -0.25) is 0 Å². The Morgan fingerprint density at radius 2 is 2.21 bits per heavy atom. The van der Waals surface area contributed by atoms with Gasteiger partial charge in [-0.15, -0.1) is 11.3 Å². The lowest BCUT2D eigenvalue weighted by Gasteiger charge is -2.16. The van der Waals surface area contributed by atoms with Crippen LogP contribution in [0.3, 0.4) is 0 Å². The summed E-state index contributed by atoms with van der Waals surface area (Å²) in [6.45, 7) is 2.00. The predicted molar refractivity (Wildman–Crippen MR) is 77.4 cm³/mol. The van der Waals surface area contributed by atoms with Crippen molar-refractivity contribution in [1.82, 2.24) is 15.0 Å². The molecule has 1 aliphatic carbocycles. The molecule has 0 radical (unpaired) electrons. The fraction of sp³-hybridized carbons (Fsp3) is 0.417. The Morgan fingerprint density at radius 3 is 2.79 bits per heavy atom. The smallest absolute Gasteiger partial charge is 0.223 e. The lowest BCUT2D eigenvalue weighted by Crippen LogP contribution is -2.14. The van der Waals surface area contributed by atoms with Gasteiger partial charge >= 0.3 is 0 Å². The van der Waals surface area contributed by atoms with Gasteiger partial charge in [0, 0.05) is 17.1 Å². The lowest BCUT2D eigenvalue weighted by atomic mass is 10.2. The summed E-state index contributed by atoms with van der Waals surface area (Å²) in [7, 11) is 0. The minimum absolute atomic E-state index is 0.180. The maximum absolute atomic E-state index is 5.89. The highest BCUT2D eigenvalue weighted by molar-refractivity contribution is 7.09. The molecule has 5 nitrogen and oxygen atoms in total. The van der Waals surface area contributed by atoms with Gasteiger partial charge in [0.15, 0.2) is 0 Å². The third-order valence-corrected chi connectivity index (χ3v) is 4.25. The molecule has 2 heterocycles. The minimum Gasteiger partial charge on any atom is -0.368 e. The molecule has 0 saturated heterocycles. The van der Waals surface area contributed by atoms with Gasteiger partial charge in [-0.2, -0.15) is 4.98 Å². The molecule has 0 spiro atoms. The van der Waals surface area contributed by atoms with E-state index >= 15 is 0 Å². The van der Waals surface area contributed by atoms with E-state index < -0.39 is 0 Å². The van der Waals surface area contributed by atoms with Gasteiger partial charge in [0.2, 0.25) is 5.95 Å². The second kappa shape index (κ2) is 4.94. The van der Waals surface area contributed by atoms with E-state index in [0.717, 1.165) is 10.7 Å². The molecule has 2 aromatic rings. The first-order valence-electron chi connectivity index (χ1n) is 6.10. The zero-order valence-corrected chi connectivity index (χ0v) is 12.0. The predicted octanol–water partition coefficient (Wildman–Crippen LogP) is 3.04. The van der Waals surface area contributed by atoms with Crippen LogP contribution >= 0.6 is 22.9 Å². The van der Waals surface area contributed by atoms with Crippen LogP contribution in [0, 0.1) is 12.8 Å². The number of anilines is 2. The second-order valence-corrected chi connectivity index (χ2v) is 6.00. The molecule has 0 amide bonds. The highest BCUT2D eigenvalue weighted by atomic mass is 35.5. The lowest BCUT2D eigenvalue weighted by molar-refractivity contribution is 0.669. The van der Waals surface area contributed by atoms with Crippen LogP contribution in [0.25, 0.3) is 0 Å². The number of aromatic nitrogens is 3. The van der Waals surface area contributed by atoms with Crippen molar-refractivity contribution in [2.45, 2.75) is 25.8 Å². The fourth-order valence-electron chi connectivity index (χ4n) is 1.99. The summed E-state index contributed by atoms with van der Waals surface area (Å²) >= 11 is 7.57. The van der Waals surface area contributed by atoms with Crippen LogP contribution in [0.1, 0.15) is 29.6 Å². The molecule has 0 aliphatic heterocycles. The third kappa shape index (κ3) is 2.96. The average Bonchev–Trinajstić information content (AvgIpc) is 3.07. The van der Waals surface area contributed by atoms with Crippen molar-refractivity contribution in [1.29, 1.82) is 0 Å². The monoisotopic (exact) mass is 295 g/mol. The zero-order valence-electron chi connectivity index (χ0n) is 10.4. The summed E-state index contributed by atoms with van der Waals surface area (Å²) in [4.78, 5) is 12.6. The van der Waals surface area contributed by atoms with E-state index in [0.29, 0.717) is 16.9 Å². The average molecular weight is 296 g/mol. The van der Waals surface area contributed by atoms with Crippen molar-refractivity contribution in [2.24, 2.45) is 5.92 Å². The van der Waals surface area contributed by atoms with Crippen LogP contribution in [0.15, 0.2) is 11.4 Å². The van der Waals surface area contributed by atoms with Crippen molar-refractivity contribution in [2.75, 3.05) is 11.1 Å². The largest absolute Gasteiger partial charge is 0.368 e. The standard InChI is InChI=1S/C12H14ClN5S/c1-6-5-19-11(15-6)10(7-2-3-7)17-9-4-8(13)16-12(14)18-9/h4-5,7,10H,2-3H2,1H3,(H3,14,16,17,18)/t10-/m0/s1. The number of rotatable bonds is 4. The van der Waals surface area contributed by atoms with Crippen LogP contribution < -0.4 is 11.1 Å². The SMILES string of the molecule is Cc1csc([C@@H](Nc2cc(Cl)nc(N)n2)C2CC2)n1. The fourth-order valence-corrected chi connectivity index (χ4v) is 3.12. The maximum Gasteiger partial charge on any atom is 0.223 e. The molecule has 0 aromatic carbocycles. The Kier molecular flexibility index (Phi) is 3.28. The molecule has 19 heavy (non-hydrogen) atoms. The van der Waals surface area contributed by atoms with Crippen LogP contribution in [-0.2, 0) is 0 Å². The molecular weight excluding hydrogens is 282 g/mol. The summed E-state index contributed by atoms with van der Waals surface area (Å²) in [6.07, 6.45) is 2.43. The number of thiazole rings is 1. The summed E-state index contributed by atoms with van der Waals surface area (Å²) < 4.78 is 0. The zero-order chi connectivity index (χ0) is 13.4. The number of hydrogen-bond donors (Lipinski definition) is 2. The highest BCUT2D eigenvalue weighted by Crippen LogP contribution is 2.43. The number of hydrogen-bond acceptors (Lipinski definition) is 6. The van der Waals surface area contributed by atoms with E-state index in [9.17, 15) is 0 Å². The molecule has 3 rings (SSSR count). The summed E-state index contributed by atoms with van der Waals surface area (Å²) in [6, 6.07) is 1.87. The highest BCUT2D eigenvalue weighted by Gasteiger charge is 2.34. The van der Waals surface area contributed by atoms with Gasteiger partial charge in [-0.25, -0.2) is 9.97 Å². The number of nitrogens with two attached hydrogens (primary N) is 1. The van der Waals surface area contributed by atoms with Gasteiger partial charge < -0.3 is 11.1 Å². The van der Waals surface area contributed by atoms with E-state index in [4.69, 9.17) is 17.3 Å². The van der Waals surface area contributed by atoms with Gasteiger partial charge in [0.25, 0.3) is 0 Å². The quantitative estimate of drug-likeness (QED) is 0.848. The van der Waals surface area contributed by atoms with E-state index in [2.05, 4.69) is 25.6 Å². The van der Waals surface area contributed by atoms with Crippen LogP contribution in [0.4, 0.5) is 11.8 Å². The second-order valence-electron chi connectivity index (χ2n) is 4.72. The summed E-state index contributed by atoms with van der Waals surface area (Å²) in [5.74, 6) is 1.45. The molecule has 2 aromatic heterocycles. The maximum atomic E-state index is 5.89. The Hall–Kier alpha value is -1.40. The minimum atomic E-state index is 0.180. The summed E-state index contributed by atoms with van der Waals surface area (Å²) in [5.41, 5.74) is 6.66. The van der Waals surface area contributed by atoms with E-state index in [1.807, 2.05) is 6.92 Å². The first-order valence-corrected chi connectivity index (χ1v) is 7.36. The van der Waals surface area contributed by atoms with E-state index in [1.165, 1.54) is 12.8 Å². The molecule has 1 saturated carbocycles. The van der Waals surface area contributed by atoms with Crippen LogP contribution in [0.2, 0.25) is 5.15 Å². The number of nitrogen functional groups attached to an aromatic ring is 1. The van der Waals surface area contributed by atoms with Crippen LogP contribution in [0.5, 0.6) is 0 Å². The van der Waals surface area contributed by atoms with Gasteiger partial charge in [-0.05, 0) is 25.7 Å². The van der Waals surface area contributed by atoms with Crippen molar-refractivity contribution in [3.63, 3.8) is 0 Å². The molecule has 1 fully saturated rings. The van der Waals surface area contributed by atoms with Gasteiger partial charge in [0.1, 0.15) is 16.0 Å². The van der Waals surface area contributed by atoms with E-state index in [-0.39, 0.29) is 12.0 Å². The van der Waals surface area contributed by atoms with Crippen LogP contribution in [-0.4, -0.2) is 15.0 Å². The number of nitrogens with one attached hydrogen (secondary N) is 1. The molecule has 7 heteroatoms. The van der Waals surface area contributed by atoms with Gasteiger partial charge in [-0.1, -0.05) is 11.6 Å². The number of nitrogens with zero attached hydrogens (tertiary/aromatic N) is 3. The molecule has 3 N–H and O–H groups in total. The van der Waals surface area contributed by atoms with Crippen molar-refractivity contribution >= 4 is 34.7 Å². The molecule has 0 bridgehead atoms. The summed E-state index contributed by atoms with van der Waals surface area (Å²) in [5, 5.41) is 6.89. The Bertz CT molecular complexity index is 575. The molecule has 100 valence electrons. The van der Waals surface area contributed by atoms with Crippen molar-refractivity contribution in [3.8, 4) is 0 Å². The number of aryl methyl sites for hydroxylation is 1. The molecular formula is C12H14ClN5S. The van der Waals surface area contributed by atoms with E-state index in [1.54, 1.807) is 17.4 Å². The first-order chi connectivity index (χ1) is 9.11. The molecule has 1 aliphatic rings. The number of halogens is 1. The molecule has 0 unspecified atom stereocenters. The molecule has 1 atom stereocenters. The third-order valence-electron chi connectivity index (χ3n) is 3.01. The normalized spacial score (nSPS) is 16.3. The topological polar surface area (TPSA) is 76.7 Å². The first kappa shape index (κ1) is 12.6. The Balaban J connectivity index is 1.85. The van der Waals surface area contributed by atoms with Gasteiger partial charge in [0.05, 0.1) is 6.04 Å². The van der Waals surface area contributed by atoms with Crippen molar-refractivity contribution < 1.29 is 0 Å².